The van der Waals surface area contributed by atoms with E-state index in [4.69, 9.17) is 4.18 Å². The monoisotopic (exact) mass is 443 g/mol. The van der Waals surface area contributed by atoms with Crippen molar-refractivity contribution in [3.8, 4) is 0 Å². The third-order valence-corrected chi connectivity index (χ3v) is 4.81. The van der Waals surface area contributed by atoms with Crippen LogP contribution in [0.2, 0.25) is 0 Å². The second-order valence-electron chi connectivity index (χ2n) is 4.21. The summed E-state index contributed by atoms with van der Waals surface area (Å²) in [6, 6.07) is 9.11. The number of halogens is 2. The van der Waals surface area contributed by atoms with E-state index in [9.17, 15) is 20.1 Å². The maximum Gasteiger partial charge on any atom is 0.276 e. The summed E-state index contributed by atoms with van der Waals surface area (Å²) in [6.45, 7) is -1.85. The zero-order valence-electron chi connectivity index (χ0n) is 10.8. The lowest BCUT2D eigenvalue weighted by atomic mass is 10.0. The molecular weight excluding hydrogens is 430 g/mol. The number of aliphatic hydroxyl groups excluding tert-OH is 3. The minimum atomic E-state index is -1.58. The fourth-order valence-electron chi connectivity index (χ4n) is 1.20. The van der Waals surface area contributed by atoms with Crippen molar-refractivity contribution < 1.29 is 24.3 Å². The molecule has 0 aliphatic rings. The van der Waals surface area contributed by atoms with E-state index >= 15 is 0 Å². The van der Waals surface area contributed by atoms with Gasteiger partial charge in [-0.3, -0.25) is 8.98 Å². The van der Waals surface area contributed by atoms with Crippen LogP contribution in [0.3, 0.4) is 0 Å². The molecule has 118 valence electrons. The Labute approximate surface area is 143 Å². The molecule has 9 heteroatoms. The van der Waals surface area contributed by atoms with Crippen LogP contribution in [0, 0.1) is 0 Å². The number of hydrogen-bond donors (Lipinski definition) is 4. The molecule has 1 aromatic rings. The van der Waals surface area contributed by atoms with Crippen LogP contribution in [-0.4, -0.2) is 50.0 Å². The molecule has 1 amide bonds. The van der Waals surface area contributed by atoms with Crippen molar-refractivity contribution in [3.63, 3.8) is 0 Å². The number of nitrogens with one attached hydrogen (secondary N) is 1. The molecule has 0 saturated heterocycles. The van der Waals surface area contributed by atoms with Crippen LogP contribution in [0.5, 0.6) is 0 Å². The van der Waals surface area contributed by atoms with Crippen molar-refractivity contribution in [2.24, 2.45) is 0 Å². The SMILES string of the molecule is O=C(NC(CO)(CO)CO)C(Br)(Br)OSc1ccccc1. The first kappa shape index (κ1) is 18.9. The second-order valence-corrected chi connectivity index (χ2v) is 8.31. The van der Waals surface area contributed by atoms with E-state index in [0.29, 0.717) is 0 Å². The largest absolute Gasteiger partial charge is 0.394 e. The Morgan fingerprint density at radius 3 is 2.14 bits per heavy atom. The molecule has 0 bridgehead atoms. The first-order valence-electron chi connectivity index (χ1n) is 5.83. The van der Waals surface area contributed by atoms with E-state index in [-0.39, 0.29) is 0 Å². The lowest BCUT2D eigenvalue weighted by molar-refractivity contribution is -0.129. The molecule has 0 spiro atoms. The predicted molar refractivity (Wildman–Crippen MR) is 86.1 cm³/mol. The summed E-state index contributed by atoms with van der Waals surface area (Å²) in [7, 11) is 0. The van der Waals surface area contributed by atoms with Crippen molar-refractivity contribution in [2.45, 2.75) is 13.9 Å². The summed E-state index contributed by atoms with van der Waals surface area (Å²) in [5.41, 5.74) is -1.52. The third-order valence-electron chi connectivity index (χ3n) is 2.54. The molecule has 0 aromatic heterocycles. The fraction of sp³-hybridized carbons (Fsp3) is 0.417. The first-order chi connectivity index (χ1) is 9.89. The zero-order valence-corrected chi connectivity index (χ0v) is 14.8. The Balaban J connectivity index is 2.66. The summed E-state index contributed by atoms with van der Waals surface area (Å²) in [5.74, 6) is -0.705. The number of carbonyl (C=O) groups excluding carboxylic acids is 1. The predicted octanol–water partition coefficient (Wildman–Crippen LogP) is 0.986. The normalized spacial score (nSPS) is 12.2. The van der Waals surface area contributed by atoms with Gasteiger partial charge in [0.1, 0.15) is 5.54 Å². The molecule has 4 N–H and O–H groups in total. The maximum atomic E-state index is 12.1. The molecule has 6 nitrogen and oxygen atoms in total. The Kier molecular flexibility index (Phi) is 7.62. The maximum absolute atomic E-state index is 12.1. The highest BCUT2D eigenvalue weighted by Crippen LogP contribution is 2.36. The molecule has 0 atom stereocenters. The van der Waals surface area contributed by atoms with Gasteiger partial charge in [-0.15, -0.1) is 0 Å². The van der Waals surface area contributed by atoms with Gasteiger partial charge in [-0.05, 0) is 44.0 Å². The van der Waals surface area contributed by atoms with Gasteiger partial charge in [-0.1, -0.05) is 18.2 Å². The Hall–Kier alpha value is -0.160. The van der Waals surface area contributed by atoms with Gasteiger partial charge in [0.05, 0.1) is 19.8 Å². The summed E-state index contributed by atoms with van der Waals surface area (Å²) in [4.78, 5) is 12.9. The molecule has 0 heterocycles. The van der Waals surface area contributed by atoms with E-state index in [1.165, 1.54) is 0 Å². The summed E-state index contributed by atoms with van der Waals surface area (Å²) >= 11 is 7.09. The Bertz CT molecular complexity index is 448. The lowest BCUT2D eigenvalue weighted by Crippen LogP contribution is -2.60. The number of aliphatic hydroxyl groups is 3. The van der Waals surface area contributed by atoms with Gasteiger partial charge in [0.15, 0.2) is 0 Å². The summed E-state index contributed by atoms with van der Waals surface area (Å²) in [5, 5.41) is 29.9. The number of hydrogen-bond acceptors (Lipinski definition) is 6. The number of carbonyl (C=O) groups is 1. The number of rotatable bonds is 8. The van der Waals surface area contributed by atoms with E-state index in [1.54, 1.807) is 12.1 Å². The molecule has 0 aliphatic heterocycles. The van der Waals surface area contributed by atoms with Gasteiger partial charge in [-0.2, -0.15) is 0 Å². The Morgan fingerprint density at radius 1 is 1.14 bits per heavy atom. The lowest BCUT2D eigenvalue weighted by Gasteiger charge is -2.31. The molecule has 0 unspecified atom stereocenters. The molecule has 0 radical (unpaired) electrons. The van der Waals surface area contributed by atoms with Crippen LogP contribution in [0.4, 0.5) is 0 Å². The van der Waals surface area contributed by atoms with Crippen molar-refractivity contribution >= 4 is 49.8 Å². The highest BCUT2D eigenvalue weighted by Gasteiger charge is 2.40. The van der Waals surface area contributed by atoms with Gasteiger partial charge in [0, 0.05) is 16.9 Å². The highest BCUT2D eigenvalue weighted by molar-refractivity contribution is 9.25. The number of benzene rings is 1. The van der Waals surface area contributed by atoms with Gasteiger partial charge >= 0.3 is 0 Å². The smallest absolute Gasteiger partial charge is 0.276 e. The van der Waals surface area contributed by atoms with Gasteiger partial charge in [-0.25, -0.2) is 0 Å². The molecule has 1 rings (SSSR count). The van der Waals surface area contributed by atoms with Crippen LogP contribution in [0.15, 0.2) is 35.2 Å². The second kappa shape index (κ2) is 8.47. The van der Waals surface area contributed by atoms with Crippen molar-refractivity contribution in [3.05, 3.63) is 30.3 Å². The average Bonchev–Trinajstić information content (AvgIpc) is 2.51. The van der Waals surface area contributed by atoms with Gasteiger partial charge in [0.25, 0.3) is 9.33 Å². The molecule has 0 saturated carbocycles. The van der Waals surface area contributed by atoms with Crippen LogP contribution in [0.25, 0.3) is 0 Å². The van der Waals surface area contributed by atoms with E-state index in [0.717, 1.165) is 16.9 Å². The first-order valence-corrected chi connectivity index (χ1v) is 8.15. The van der Waals surface area contributed by atoms with Crippen LogP contribution >= 0.6 is 43.9 Å². The van der Waals surface area contributed by atoms with Gasteiger partial charge < -0.3 is 20.6 Å². The van der Waals surface area contributed by atoms with Crippen LogP contribution in [0.1, 0.15) is 0 Å². The molecule has 0 aliphatic carbocycles. The minimum Gasteiger partial charge on any atom is -0.394 e. The van der Waals surface area contributed by atoms with Gasteiger partial charge in [0.2, 0.25) is 0 Å². The van der Waals surface area contributed by atoms with Crippen LogP contribution < -0.4 is 5.32 Å². The summed E-state index contributed by atoms with van der Waals surface area (Å²) < 4.78 is 3.77. The zero-order chi connectivity index (χ0) is 15.9. The molecular formula is C12H15Br2NO5S. The quantitative estimate of drug-likeness (QED) is 0.352. The average molecular weight is 445 g/mol. The van der Waals surface area contributed by atoms with E-state index < -0.39 is 34.7 Å². The van der Waals surface area contributed by atoms with Crippen molar-refractivity contribution in [2.75, 3.05) is 19.8 Å². The molecule has 0 fully saturated rings. The fourth-order valence-corrected chi connectivity index (χ4v) is 2.34. The molecule has 1 aromatic carbocycles. The topological polar surface area (TPSA) is 99.0 Å². The number of alkyl halides is 2. The standard InChI is InChI=1S/C12H15Br2NO5S/c13-12(14,20-21-9-4-2-1-3-5-9)10(19)15-11(6-16,7-17)8-18/h1-5,16-18H,6-8H2,(H,15,19). The summed E-state index contributed by atoms with van der Waals surface area (Å²) in [6.07, 6.45) is 0. The molecule has 21 heavy (non-hydrogen) atoms. The third kappa shape index (κ3) is 5.51. The highest BCUT2D eigenvalue weighted by atomic mass is 79.9. The van der Waals surface area contributed by atoms with E-state index in [2.05, 4.69) is 37.2 Å². The minimum absolute atomic E-state index is 0.617. The van der Waals surface area contributed by atoms with Crippen molar-refractivity contribution in [1.29, 1.82) is 0 Å². The van der Waals surface area contributed by atoms with E-state index in [1.807, 2.05) is 18.2 Å². The van der Waals surface area contributed by atoms with Crippen molar-refractivity contribution in [1.82, 2.24) is 5.32 Å². The Morgan fingerprint density at radius 2 is 1.67 bits per heavy atom. The van der Waals surface area contributed by atoms with Crippen LogP contribution in [-0.2, 0) is 8.98 Å². The number of amides is 1.